The fourth-order valence-corrected chi connectivity index (χ4v) is 3.99. The van der Waals surface area contributed by atoms with Crippen molar-refractivity contribution in [2.24, 2.45) is 17.8 Å². The van der Waals surface area contributed by atoms with Crippen molar-refractivity contribution in [3.05, 3.63) is 35.1 Å². The summed E-state index contributed by atoms with van der Waals surface area (Å²) in [6.45, 7) is 4.39. The van der Waals surface area contributed by atoms with Gasteiger partial charge in [0.25, 0.3) is 0 Å². The number of hydrogen-bond donors (Lipinski definition) is 0. The monoisotopic (exact) mass is 326 g/mol. The molecule has 0 saturated heterocycles. The Hall–Kier alpha value is -0.990. The zero-order valence-corrected chi connectivity index (χ0v) is 14.4. The Morgan fingerprint density at radius 3 is 2.17 bits per heavy atom. The van der Waals surface area contributed by atoms with Crippen LogP contribution in [0, 0.1) is 35.2 Å². The first kappa shape index (κ1) is 18.4. The van der Waals surface area contributed by atoms with Gasteiger partial charge in [-0.1, -0.05) is 52.4 Å². The Labute approximate surface area is 138 Å². The molecule has 3 heteroatoms. The van der Waals surface area contributed by atoms with E-state index < -0.39 is 17.5 Å². The third-order valence-electron chi connectivity index (χ3n) is 5.51. The number of rotatable bonds is 7. The van der Waals surface area contributed by atoms with Gasteiger partial charge in [-0.05, 0) is 54.7 Å². The summed E-state index contributed by atoms with van der Waals surface area (Å²) < 4.78 is 39.7. The van der Waals surface area contributed by atoms with E-state index in [1.165, 1.54) is 51.4 Å². The van der Waals surface area contributed by atoms with Gasteiger partial charge in [0.1, 0.15) is 0 Å². The van der Waals surface area contributed by atoms with Crippen molar-refractivity contribution in [2.45, 2.75) is 71.6 Å². The molecule has 0 aromatic heterocycles. The Morgan fingerprint density at radius 2 is 1.61 bits per heavy atom. The zero-order valence-electron chi connectivity index (χ0n) is 14.4. The molecule has 2 rings (SSSR count). The highest BCUT2D eigenvalue weighted by atomic mass is 19.2. The van der Waals surface area contributed by atoms with Crippen molar-refractivity contribution in [3.8, 4) is 0 Å². The second kappa shape index (κ2) is 8.75. The highest BCUT2D eigenvalue weighted by Crippen LogP contribution is 2.37. The summed E-state index contributed by atoms with van der Waals surface area (Å²) in [5.74, 6) is -1.65. The van der Waals surface area contributed by atoms with E-state index in [0.29, 0.717) is 23.8 Å². The lowest BCUT2D eigenvalue weighted by Gasteiger charge is -2.32. The average Bonchev–Trinajstić information content (AvgIpc) is 2.53. The summed E-state index contributed by atoms with van der Waals surface area (Å²) in [7, 11) is 0. The highest BCUT2D eigenvalue weighted by molar-refractivity contribution is 5.20. The summed E-state index contributed by atoms with van der Waals surface area (Å²) in [6, 6.07) is 2.29. The second-order valence-electron chi connectivity index (χ2n) is 7.33. The first-order valence-corrected chi connectivity index (χ1v) is 9.14. The third kappa shape index (κ3) is 5.26. The Balaban J connectivity index is 1.82. The minimum atomic E-state index is -1.37. The first-order chi connectivity index (χ1) is 11.0. The molecule has 23 heavy (non-hydrogen) atoms. The predicted octanol–water partition coefficient (Wildman–Crippen LogP) is 6.67. The van der Waals surface area contributed by atoms with Crippen LogP contribution < -0.4 is 0 Å². The van der Waals surface area contributed by atoms with Crippen molar-refractivity contribution in [1.29, 1.82) is 0 Å². The van der Waals surface area contributed by atoms with E-state index >= 15 is 0 Å². The average molecular weight is 326 g/mol. The van der Waals surface area contributed by atoms with Crippen LogP contribution in [0.5, 0.6) is 0 Å². The Bertz CT molecular complexity index is 467. The van der Waals surface area contributed by atoms with Crippen molar-refractivity contribution in [3.63, 3.8) is 0 Å². The van der Waals surface area contributed by atoms with E-state index in [1.54, 1.807) is 0 Å². The number of hydrogen-bond acceptors (Lipinski definition) is 0. The van der Waals surface area contributed by atoms with Gasteiger partial charge in [0, 0.05) is 0 Å². The molecule has 0 radical (unpaired) electrons. The van der Waals surface area contributed by atoms with Gasteiger partial charge < -0.3 is 0 Å². The quantitative estimate of drug-likeness (QED) is 0.388. The summed E-state index contributed by atoms with van der Waals surface area (Å²) in [5, 5.41) is 0. The van der Waals surface area contributed by atoms with Crippen LogP contribution in [0.25, 0.3) is 0 Å². The van der Waals surface area contributed by atoms with Crippen molar-refractivity contribution >= 4 is 0 Å². The topological polar surface area (TPSA) is 0 Å². The van der Waals surface area contributed by atoms with Gasteiger partial charge in [-0.15, -0.1) is 0 Å². The fraction of sp³-hybridized carbons (Fsp3) is 0.700. The third-order valence-corrected chi connectivity index (χ3v) is 5.51. The SMILES string of the molecule is CCCCCC1CCC(C(C)Cc2cc(F)c(F)c(F)c2)CC1. The van der Waals surface area contributed by atoms with Crippen molar-refractivity contribution in [2.75, 3.05) is 0 Å². The molecule has 1 aliphatic carbocycles. The summed E-state index contributed by atoms with van der Waals surface area (Å²) >= 11 is 0. The zero-order chi connectivity index (χ0) is 16.8. The van der Waals surface area contributed by atoms with E-state index in [4.69, 9.17) is 0 Å². The number of benzene rings is 1. The molecule has 0 aliphatic heterocycles. The molecule has 1 saturated carbocycles. The molecule has 0 N–H and O–H groups in total. The lowest BCUT2D eigenvalue weighted by Crippen LogP contribution is -2.21. The molecule has 1 fully saturated rings. The molecule has 0 bridgehead atoms. The van der Waals surface area contributed by atoms with Gasteiger partial charge >= 0.3 is 0 Å². The van der Waals surface area contributed by atoms with Crippen LogP contribution in [0.2, 0.25) is 0 Å². The van der Waals surface area contributed by atoms with Crippen LogP contribution in [-0.4, -0.2) is 0 Å². The summed E-state index contributed by atoms with van der Waals surface area (Å²) in [5.41, 5.74) is 0.568. The van der Waals surface area contributed by atoms with Crippen molar-refractivity contribution in [1.82, 2.24) is 0 Å². The molecule has 0 heterocycles. The maximum atomic E-state index is 13.3. The lowest BCUT2D eigenvalue weighted by atomic mass is 9.73. The predicted molar refractivity (Wildman–Crippen MR) is 88.8 cm³/mol. The number of halogens is 3. The maximum Gasteiger partial charge on any atom is 0.194 e. The largest absolute Gasteiger partial charge is 0.204 e. The van der Waals surface area contributed by atoms with Gasteiger partial charge in [0.2, 0.25) is 0 Å². The summed E-state index contributed by atoms with van der Waals surface area (Å²) in [4.78, 5) is 0. The Morgan fingerprint density at radius 1 is 1.00 bits per heavy atom. The molecule has 0 amide bonds. The van der Waals surface area contributed by atoms with E-state index in [1.807, 2.05) is 0 Å². The van der Waals surface area contributed by atoms with Crippen molar-refractivity contribution < 1.29 is 13.2 Å². The summed E-state index contributed by atoms with van der Waals surface area (Å²) in [6.07, 6.45) is 10.9. The molecule has 0 nitrogen and oxygen atoms in total. The minimum absolute atomic E-state index is 0.385. The molecule has 1 unspecified atom stereocenters. The highest BCUT2D eigenvalue weighted by Gasteiger charge is 2.25. The molecular formula is C20H29F3. The normalized spacial score (nSPS) is 23.0. The van der Waals surface area contributed by atoms with Crippen LogP contribution >= 0.6 is 0 Å². The standard InChI is InChI=1S/C20H29F3/c1-3-4-5-6-15-7-9-17(10-8-15)14(2)11-16-12-18(21)20(23)19(22)13-16/h12-15,17H,3-11H2,1-2H3. The molecule has 1 aromatic rings. The first-order valence-electron chi connectivity index (χ1n) is 9.14. The van der Waals surface area contributed by atoms with E-state index in [2.05, 4.69) is 13.8 Å². The van der Waals surface area contributed by atoms with Gasteiger partial charge in [-0.25, -0.2) is 13.2 Å². The van der Waals surface area contributed by atoms with Gasteiger partial charge in [0.15, 0.2) is 17.5 Å². The van der Waals surface area contributed by atoms with Crippen LogP contribution in [-0.2, 0) is 6.42 Å². The van der Waals surface area contributed by atoms with Crippen LogP contribution in [0.4, 0.5) is 13.2 Å². The van der Waals surface area contributed by atoms with E-state index in [9.17, 15) is 13.2 Å². The van der Waals surface area contributed by atoms with Crippen LogP contribution in [0.15, 0.2) is 12.1 Å². The van der Waals surface area contributed by atoms with E-state index in [-0.39, 0.29) is 0 Å². The molecule has 0 spiro atoms. The minimum Gasteiger partial charge on any atom is -0.204 e. The van der Waals surface area contributed by atoms with Gasteiger partial charge in [0.05, 0.1) is 0 Å². The second-order valence-corrected chi connectivity index (χ2v) is 7.33. The van der Waals surface area contributed by atoms with Crippen LogP contribution in [0.1, 0.15) is 70.8 Å². The molecular weight excluding hydrogens is 297 g/mol. The molecule has 130 valence electrons. The molecule has 1 aliphatic rings. The van der Waals surface area contributed by atoms with E-state index in [0.717, 1.165) is 18.1 Å². The fourth-order valence-electron chi connectivity index (χ4n) is 3.99. The smallest absolute Gasteiger partial charge is 0.194 e. The van der Waals surface area contributed by atoms with Gasteiger partial charge in [-0.2, -0.15) is 0 Å². The molecule has 1 atom stereocenters. The lowest BCUT2D eigenvalue weighted by molar-refractivity contribution is 0.204. The van der Waals surface area contributed by atoms with Crippen LogP contribution in [0.3, 0.4) is 0 Å². The Kier molecular flexibility index (Phi) is 6.98. The maximum absolute atomic E-state index is 13.3. The van der Waals surface area contributed by atoms with Gasteiger partial charge in [-0.3, -0.25) is 0 Å². The number of unbranched alkanes of at least 4 members (excludes halogenated alkanes) is 2. The molecule has 1 aromatic carbocycles.